The Bertz CT molecular complexity index is 792. The van der Waals surface area contributed by atoms with Crippen molar-refractivity contribution in [1.29, 1.82) is 0 Å². The van der Waals surface area contributed by atoms with Gasteiger partial charge in [-0.15, -0.1) is 0 Å². The molecule has 1 aromatic carbocycles. The number of hydrogen-bond acceptors (Lipinski definition) is 4. The minimum atomic E-state index is -0.263. The minimum Gasteiger partial charge on any atom is -0.496 e. The molecule has 1 amide bonds. The molecule has 1 aliphatic rings. The van der Waals surface area contributed by atoms with Crippen molar-refractivity contribution in [3.8, 4) is 5.75 Å². The summed E-state index contributed by atoms with van der Waals surface area (Å²) < 4.78 is 18.5. The van der Waals surface area contributed by atoms with Crippen LogP contribution in [0.5, 0.6) is 5.75 Å². The van der Waals surface area contributed by atoms with Gasteiger partial charge in [-0.05, 0) is 31.5 Å². The molecule has 0 spiro atoms. The van der Waals surface area contributed by atoms with E-state index in [0.717, 1.165) is 34.7 Å². The smallest absolute Gasteiger partial charge is 0.237 e. The molecule has 138 valence electrons. The maximum absolute atomic E-state index is 13.0. The lowest BCUT2D eigenvalue weighted by Gasteiger charge is -2.34. The second-order valence-corrected chi connectivity index (χ2v) is 6.70. The summed E-state index contributed by atoms with van der Waals surface area (Å²) in [6.45, 7) is 6.91. The predicted molar refractivity (Wildman–Crippen MR) is 97.4 cm³/mol. The number of carbonyl (C=O) groups excluding carboxylic acids is 1. The van der Waals surface area contributed by atoms with Crippen LogP contribution in [0.25, 0.3) is 0 Å². The number of nitrogens with zero attached hydrogens (tertiary/aromatic N) is 3. The Morgan fingerprint density at radius 2 is 1.88 bits per heavy atom. The van der Waals surface area contributed by atoms with Gasteiger partial charge in [-0.3, -0.25) is 14.7 Å². The Kier molecular flexibility index (Phi) is 5.52. The number of pyridine rings is 1. The first kappa shape index (κ1) is 18.3. The van der Waals surface area contributed by atoms with Crippen LogP contribution < -0.4 is 4.74 Å². The number of aromatic nitrogens is 1. The van der Waals surface area contributed by atoms with Crippen molar-refractivity contribution in [2.75, 3.05) is 26.7 Å². The topological polar surface area (TPSA) is 45.7 Å². The lowest BCUT2D eigenvalue weighted by atomic mass is 10.1. The summed E-state index contributed by atoms with van der Waals surface area (Å²) in [4.78, 5) is 20.9. The quantitative estimate of drug-likeness (QED) is 0.825. The highest BCUT2D eigenvalue weighted by molar-refractivity contribution is 5.79. The number of benzene rings is 1. The number of halogens is 1. The summed E-state index contributed by atoms with van der Waals surface area (Å²) >= 11 is 0. The predicted octanol–water partition coefficient (Wildman–Crippen LogP) is 2.69. The molecule has 26 heavy (non-hydrogen) atoms. The molecular weight excluding hydrogens is 333 g/mol. The zero-order chi connectivity index (χ0) is 18.7. The molecule has 1 aromatic heterocycles. The van der Waals surface area contributed by atoms with Gasteiger partial charge >= 0.3 is 0 Å². The number of methoxy groups -OCH3 is 1. The average molecular weight is 357 g/mol. The molecule has 0 unspecified atom stereocenters. The number of carbonyl (C=O) groups is 1. The van der Waals surface area contributed by atoms with E-state index in [1.807, 2.05) is 24.9 Å². The zero-order valence-corrected chi connectivity index (χ0v) is 15.5. The highest BCUT2D eigenvalue weighted by Crippen LogP contribution is 2.25. The number of amides is 1. The second-order valence-electron chi connectivity index (χ2n) is 6.70. The van der Waals surface area contributed by atoms with Gasteiger partial charge in [0.25, 0.3) is 0 Å². The first-order chi connectivity index (χ1) is 12.5. The number of rotatable bonds is 5. The Morgan fingerprint density at radius 1 is 1.15 bits per heavy atom. The summed E-state index contributed by atoms with van der Waals surface area (Å²) in [5.41, 5.74) is 3.91. The van der Waals surface area contributed by atoms with Crippen LogP contribution in [0, 0.1) is 19.7 Å². The fourth-order valence-corrected chi connectivity index (χ4v) is 3.31. The third-order valence-electron chi connectivity index (χ3n) is 4.81. The van der Waals surface area contributed by atoms with Crippen molar-refractivity contribution in [1.82, 2.24) is 14.8 Å². The van der Waals surface area contributed by atoms with Gasteiger partial charge in [0.15, 0.2) is 0 Å². The lowest BCUT2D eigenvalue weighted by Crippen LogP contribution is -2.49. The molecule has 0 saturated carbocycles. The molecular formula is C20H24FN3O2. The van der Waals surface area contributed by atoms with Crippen molar-refractivity contribution in [3.63, 3.8) is 0 Å². The standard InChI is InChI=1S/C20H24FN3O2/c1-14-10-22-18(15(2)20(14)26-3)12-23-8-9-24(19(25)13-23)11-16-4-6-17(21)7-5-16/h4-7,10H,8-9,11-13H2,1-3H3. The Hall–Kier alpha value is -2.47. The Labute approximate surface area is 153 Å². The van der Waals surface area contributed by atoms with E-state index in [2.05, 4.69) is 9.88 Å². The fraction of sp³-hybridized carbons (Fsp3) is 0.400. The molecule has 0 aliphatic carbocycles. The van der Waals surface area contributed by atoms with Crippen LogP contribution in [0.4, 0.5) is 4.39 Å². The van der Waals surface area contributed by atoms with Crippen LogP contribution in [0.2, 0.25) is 0 Å². The highest BCUT2D eigenvalue weighted by atomic mass is 19.1. The fourth-order valence-electron chi connectivity index (χ4n) is 3.31. The van der Waals surface area contributed by atoms with Crippen LogP contribution in [0.1, 0.15) is 22.4 Å². The van der Waals surface area contributed by atoms with E-state index in [-0.39, 0.29) is 11.7 Å². The van der Waals surface area contributed by atoms with E-state index >= 15 is 0 Å². The third kappa shape index (κ3) is 4.02. The number of ether oxygens (including phenoxy) is 1. The molecule has 0 radical (unpaired) electrons. The molecule has 1 fully saturated rings. The number of piperazine rings is 1. The van der Waals surface area contributed by atoms with Crippen LogP contribution in [-0.2, 0) is 17.9 Å². The van der Waals surface area contributed by atoms with Crippen LogP contribution in [0.3, 0.4) is 0 Å². The summed E-state index contributed by atoms with van der Waals surface area (Å²) in [5.74, 6) is 0.676. The first-order valence-electron chi connectivity index (χ1n) is 8.71. The summed E-state index contributed by atoms with van der Waals surface area (Å²) in [5, 5.41) is 0. The highest BCUT2D eigenvalue weighted by Gasteiger charge is 2.25. The third-order valence-corrected chi connectivity index (χ3v) is 4.81. The maximum Gasteiger partial charge on any atom is 0.237 e. The number of hydrogen-bond donors (Lipinski definition) is 0. The van der Waals surface area contributed by atoms with E-state index in [1.165, 1.54) is 12.1 Å². The van der Waals surface area contributed by atoms with E-state index < -0.39 is 0 Å². The Morgan fingerprint density at radius 3 is 2.54 bits per heavy atom. The normalized spacial score (nSPS) is 15.4. The second kappa shape index (κ2) is 7.83. The van der Waals surface area contributed by atoms with Crippen LogP contribution >= 0.6 is 0 Å². The Balaban J connectivity index is 1.62. The summed E-state index contributed by atoms with van der Waals surface area (Å²) in [7, 11) is 1.66. The van der Waals surface area contributed by atoms with Gasteiger partial charge in [-0.1, -0.05) is 12.1 Å². The van der Waals surface area contributed by atoms with Gasteiger partial charge in [0.05, 0.1) is 19.3 Å². The first-order valence-corrected chi connectivity index (χ1v) is 8.71. The van der Waals surface area contributed by atoms with Gasteiger partial charge in [0.2, 0.25) is 5.91 Å². The zero-order valence-electron chi connectivity index (χ0n) is 15.5. The molecule has 0 atom stereocenters. The van der Waals surface area contributed by atoms with Crippen molar-refractivity contribution in [3.05, 3.63) is 58.7 Å². The van der Waals surface area contributed by atoms with Gasteiger partial charge in [-0.2, -0.15) is 0 Å². The number of aryl methyl sites for hydroxylation is 1. The molecule has 0 bridgehead atoms. The molecule has 1 aliphatic heterocycles. The molecule has 0 N–H and O–H groups in total. The molecule has 2 aromatic rings. The van der Waals surface area contributed by atoms with Crippen LogP contribution in [0.15, 0.2) is 30.5 Å². The molecule has 6 heteroatoms. The SMILES string of the molecule is COc1c(C)cnc(CN2CCN(Cc3ccc(F)cc3)C(=O)C2)c1C. The molecule has 1 saturated heterocycles. The maximum atomic E-state index is 13.0. The van der Waals surface area contributed by atoms with Crippen molar-refractivity contribution >= 4 is 5.91 Å². The minimum absolute atomic E-state index is 0.0808. The van der Waals surface area contributed by atoms with E-state index in [9.17, 15) is 9.18 Å². The lowest BCUT2D eigenvalue weighted by molar-refractivity contribution is -0.136. The van der Waals surface area contributed by atoms with Crippen molar-refractivity contribution in [2.24, 2.45) is 0 Å². The van der Waals surface area contributed by atoms with Gasteiger partial charge < -0.3 is 9.64 Å². The van der Waals surface area contributed by atoms with E-state index in [4.69, 9.17) is 4.74 Å². The molecule has 5 nitrogen and oxygen atoms in total. The van der Waals surface area contributed by atoms with Crippen molar-refractivity contribution < 1.29 is 13.9 Å². The van der Waals surface area contributed by atoms with Gasteiger partial charge in [0.1, 0.15) is 11.6 Å². The molecule has 2 heterocycles. The average Bonchev–Trinajstić information content (AvgIpc) is 2.62. The van der Waals surface area contributed by atoms with Gasteiger partial charge in [-0.25, -0.2) is 4.39 Å². The molecule has 3 rings (SSSR count). The summed E-state index contributed by atoms with van der Waals surface area (Å²) in [6.07, 6.45) is 1.81. The van der Waals surface area contributed by atoms with Crippen molar-refractivity contribution in [2.45, 2.75) is 26.9 Å². The van der Waals surface area contributed by atoms with Gasteiger partial charge in [0, 0.05) is 43.5 Å². The van der Waals surface area contributed by atoms with Crippen LogP contribution in [-0.4, -0.2) is 47.4 Å². The summed E-state index contributed by atoms with van der Waals surface area (Å²) in [6, 6.07) is 6.30. The largest absolute Gasteiger partial charge is 0.496 e. The van der Waals surface area contributed by atoms with E-state index in [1.54, 1.807) is 19.2 Å². The van der Waals surface area contributed by atoms with E-state index in [0.29, 0.717) is 26.2 Å². The monoisotopic (exact) mass is 357 g/mol.